The molecule has 0 fully saturated rings. The highest BCUT2D eigenvalue weighted by atomic mass is 16.5. The van der Waals surface area contributed by atoms with Crippen LogP contribution in [0.25, 0.3) is 0 Å². The summed E-state index contributed by atoms with van der Waals surface area (Å²) in [6.07, 6.45) is 1.53. The van der Waals surface area contributed by atoms with Crippen LogP contribution in [0.3, 0.4) is 0 Å². The van der Waals surface area contributed by atoms with Gasteiger partial charge in [0.05, 0.1) is 20.8 Å². The third-order valence-electron chi connectivity index (χ3n) is 2.72. The van der Waals surface area contributed by atoms with Crippen molar-refractivity contribution in [1.29, 1.82) is 0 Å². The number of rotatable bonds is 4. The number of benzene rings is 1. The van der Waals surface area contributed by atoms with Gasteiger partial charge >= 0.3 is 0 Å². The van der Waals surface area contributed by atoms with E-state index >= 15 is 0 Å². The average Bonchev–Trinajstić information content (AvgIpc) is 2.33. The summed E-state index contributed by atoms with van der Waals surface area (Å²) < 4.78 is 10.7. The molecule has 0 bridgehead atoms. The molecule has 0 aliphatic carbocycles. The second-order valence-electron chi connectivity index (χ2n) is 5.02. The Morgan fingerprint density at radius 2 is 1.78 bits per heavy atom. The van der Waals surface area contributed by atoms with Crippen LogP contribution in [0.5, 0.6) is 11.5 Å². The summed E-state index contributed by atoms with van der Waals surface area (Å²) in [5, 5.41) is 0. The smallest absolute Gasteiger partial charge is 0.235 e. The number of ether oxygens (including phenoxy) is 2. The van der Waals surface area contributed by atoms with Crippen molar-refractivity contribution in [1.82, 2.24) is 0 Å². The first-order valence-electron chi connectivity index (χ1n) is 5.73. The Kier molecular flexibility index (Phi) is 4.51. The molecule has 1 aromatic carbocycles. The van der Waals surface area contributed by atoms with Crippen LogP contribution in [0.2, 0.25) is 0 Å². The molecule has 0 aromatic heterocycles. The third kappa shape index (κ3) is 3.11. The topological polar surface area (TPSA) is 47.9 Å². The average molecular weight is 249 g/mol. The van der Waals surface area contributed by atoms with E-state index in [0.717, 1.165) is 16.9 Å². The van der Waals surface area contributed by atoms with Crippen molar-refractivity contribution >= 4 is 6.08 Å². The Labute approximate surface area is 108 Å². The molecule has 0 heterocycles. The molecular formula is C14H19NO3. The van der Waals surface area contributed by atoms with E-state index in [0.29, 0.717) is 5.75 Å². The molecule has 1 rings (SSSR count). The van der Waals surface area contributed by atoms with Gasteiger partial charge in [-0.05, 0) is 17.5 Å². The van der Waals surface area contributed by atoms with Gasteiger partial charge in [0, 0.05) is 11.1 Å². The lowest BCUT2D eigenvalue weighted by Gasteiger charge is -2.23. The van der Waals surface area contributed by atoms with Crippen molar-refractivity contribution in [2.75, 3.05) is 14.2 Å². The van der Waals surface area contributed by atoms with Gasteiger partial charge in [0.15, 0.2) is 0 Å². The van der Waals surface area contributed by atoms with E-state index < -0.39 is 0 Å². The molecule has 98 valence electrons. The Morgan fingerprint density at radius 1 is 1.17 bits per heavy atom. The van der Waals surface area contributed by atoms with E-state index in [1.807, 2.05) is 12.1 Å². The highest BCUT2D eigenvalue weighted by molar-refractivity contribution is 5.49. The van der Waals surface area contributed by atoms with Crippen molar-refractivity contribution in [2.45, 2.75) is 32.7 Å². The van der Waals surface area contributed by atoms with Crippen LogP contribution in [0.1, 0.15) is 31.9 Å². The van der Waals surface area contributed by atoms with Gasteiger partial charge in [-0.15, -0.1) is 0 Å². The molecular weight excluding hydrogens is 230 g/mol. The zero-order valence-electron chi connectivity index (χ0n) is 11.5. The lowest BCUT2D eigenvalue weighted by Crippen LogP contribution is -2.13. The maximum absolute atomic E-state index is 10.2. The van der Waals surface area contributed by atoms with E-state index in [4.69, 9.17) is 9.47 Å². The first-order chi connectivity index (χ1) is 8.43. The highest BCUT2D eigenvalue weighted by Gasteiger charge is 2.21. The molecule has 0 radical (unpaired) electrons. The summed E-state index contributed by atoms with van der Waals surface area (Å²) in [5.41, 5.74) is 1.82. The molecule has 0 aliphatic heterocycles. The molecule has 0 saturated heterocycles. The number of aliphatic imine (C=N–C) groups is 1. The van der Waals surface area contributed by atoms with Crippen LogP contribution in [0, 0.1) is 0 Å². The minimum Gasteiger partial charge on any atom is -0.496 e. The molecule has 0 aliphatic rings. The third-order valence-corrected chi connectivity index (χ3v) is 2.72. The van der Waals surface area contributed by atoms with Gasteiger partial charge in [-0.3, -0.25) is 0 Å². The zero-order valence-corrected chi connectivity index (χ0v) is 11.5. The van der Waals surface area contributed by atoms with E-state index in [1.165, 1.54) is 6.08 Å². The van der Waals surface area contributed by atoms with Gasteiger partial charge in [0.1, 0.15) is 11.5 Å². The van der Waals surface area contributed by atoms with Crippen molar-refractivity contribution in [2.24, 2.45) is 4.99 Å². The van der Waals surface area contributed by atoms with E-state index in [1.54, 1.807) is 14.2 Å². The van der Waals surface area contributed by atoms with Gasteiger partial charge in [-0.25, -0.2) is 9.79 Å². The lowest BCUT2D eigenvalue weighted by molar-refractivity contribution is 0.385. The fourth-order valence-electron chi connectivity index (χ4n) is 1.79. The Hall–Kier alpha value is -1.80. The van der Waals surface area contributed by atoms with Crippen molar-refractivity contribution in [3.8, 4) is 11.5 Å². The summed E-state index contributed by atoms with van der Waals surface area (Å²) in [7, 11) is 3.23. The van der Waals surface area contributed by atoms with E-state index in [2.05, 4.69) is 25.8 Å². The summed E-state index contributed by atoms with van der Waals surface area (Å²) in [6.45, 7) is 6.56. The van der Waals surface area contributed by atoms with Crippen LogP contribution in [-0.2, 0) is 16.8 Å². The maximum atomic E-state index is 10.2. The quantitative estimate of drug-likeness (QED) is 0.609. The molecule has 0 amide bonds. The van der Waals surface area contributed by atoms with E-state index in [9.17, 15) is 4.79 Å². The number of isocyanates is 1. The van der Waals surface area contributed by atoms with Gasteiger partial charge in [0.2, 0.25) is 6.08 Å². The van der Waals surface area contributed by atoms with Crippen molar-refractivity contribution in [3.63, 3.8) is 0 Å². The number of methoxy groups -OCH3 is 2. The monoisotopic (exact) mass is 249 g/mol. The first kappa shape index (κ1) is 14.3. The summed E-state index contributed by atoms with van der Waals surface area (Å²) >= 11 is 0. The van der Waals surface area contributed by atoms with E-state index in [-0.39, 0.29) is 12.0 Å². The van der Waals surface area contributed by atoms with Crippen LogP contribution in [0.4, 0.5) is 0 Å². The molecule has 0 N–H and O–H groups in total. The zero-order chi connectivity index (χ0) is 13.8. The number of hydrogen-bond donors (Lipinski definition) is 0. The van der Waals surface area contributed by atoms with Gasteiger partial charge in [-0.2, -0.15) is 0 Å². The van der Waals surface area contributed by atoms with Gasteiger partial charge in [-0.1, -0.05) is 20.8 Å². The molecule has 0 unspecified atom stereocenters. The fraction of sp³-hybridized carbons (Fsp3) is 0.500. The predicted octanol–water partition coefficient (Wildman–Crippen LogP) is 2.84. The predicted molar refractivity (Wildman–Crippen MR) is 70.1 cm³/mol. The molecule has 0 spiro atoms. The first-order valence-corrected chi connectivity index (χ1v) is 5.73. The van der Waals surface area contributed by atoms with Crippen LogP contribution >= 0.6 is 0 Å². The normalized spacial score (nSPS) is 10.7. The number of nitrogens with zero attached hydrogens (tertiary/aromatic N) is 1. The molecule has 4 nitrogen and oxygen atoms in total. The Bertz CT molecular complexity index is 469. The second-order valence-corrected chi connectivity index (χ2v) is 5.02. The van der Waals surface area contributed by atoms with Crippen LogP contribution in [0.15, 0.2) is 17.1 Å². The van der Waals surface area contributed by atoms with Gasteiger partial charge < -0.3 is 9.47 Å². The molecule has 0 atom stereocenters. The van der Waals surface area contributed by atoms with Crippen molar-refractivity contribution in [3.05, 3.63) is 23.3 Å². The lowest BCUT2D eigenvalue weighted by atomic mass is 9.85. The van der Waals surface area contributed by atoms with Gasteiger partial charge in [0.25, 0.3) is 0 Å². The summed E-state index contributed by atoms with van der Waals surface area (Å²) in [6, 6.07) is 3.80. The fourth-order valence-corrected chi connectivity index (χ4v) is 1.79. The Morgan fingerprint density at radius 3 is 2.22 bits per heavy atom. The minimum atomic E-state index is -0.0505. The number of hydrogen-bond acceptors (Lipinski definition) is 4. The highest BCUT2D eigenvalue weighted by Crippen LogP contribution is 2.36. The van der Waals surface area contributed by atoms with Crippen LogP contribution < -0.4 is 9.47 Å². The standard InChI is InChI=1S/C14H19NO3/c1-14(2,3)11-7-12(17-4)10(8-15-9-16)6-13(11)18-5/h6-7H,8H2,1-5H3. The minimum absolute atomic E-state index is 0.0505. The summed E-state index contributed by atoms with van der Waals surface area (Å²) in [5.74, 6) is 1.49. The Balaban J connectivity index is 3.36. The molecule has 4 heteroatoms. The second kappa shape index (κ2) is 5.69. The van der Waals surface area contributed by atoms with Crippen molar-refractivity contribution < 1.29 is 14.3 Å². The maximum Gasteiger partial charge on any atom is 0.235 e. The molecule has 0 saturated carbocycles. The summed E-state index contributed by atoms with van der Waals surface area (Å²) in [4.78, 5) is 13.8. The molecule has 18 heavy (non-hydrogen) atoms. The number of carbonyl (C=O) groups excluding carboxylic acids is 1. The van der Waals surface area contributed by atoms with Crippen LogP contribution in [-0.4, -0.2) is 20.3 Å². The largest absolute Gasteiger partial charge is 0.496 e. The SMILES string of the molecule is COc1cc(C(C)(C)C)c(OC)cc1CN=C=O. The molecule has 1 aromatic rings.